The van der Waals surface area contributed by atoms with Gasteiger partial charge in [0.2, 0.25) is 6.41 Å². The largest absolute Gasteiger partial charge is 0.371 e. The average Bonchev–Trinajstić information content (AvgIpc) is 2.02. The Morgan fingerprint density at radius 2 is 2.14 bits per heavy atom. The summed E-state index contributed by atoms with van der Waals surface area (Å²) < 4.78 is 0. The predicted molar refractivity (Wildman–Crippen MR) is 57.4 cm³/mol. The molecule has 1 amide bonds. The van der Waals surface area contributed by atoms with Gasteiger partial charge >= 0.3 is 0 Å². The smallest absolute Gasteiger partial charge is 0.208 e. The second-order valence-electron chi connectivity index (χ2n) is 4.51. The number of carbonyl (C=O) groups excluding carboxylic acids is 2. The third-order valence-corrected chi connectivity index (χ3v) is 4.83. The highest BCUT2D eigenvalue weighted by molar-refractivity contribution is 6.81. The fourth-order valence-electron chi connectivity index (χ4n) is 1.74. The normalized spacial score (nSPS) is 26.9. The second-order valence-corrected chi connectivity index (χ2v) is 9.86. The van der Waals surface area contributed by atoms with Crippen LogP contribution >= 0.6 is 0 Å². The first-order valence-electron chi connectivity index (χ1n) is 4.63. The van der Waals surface area contributed by atoms with Gasteiger partial charge in [0.05, 0.1) is 13.6 Å². The molecule has 0 bridgehead atoms. The summed E-state index contributed by atoms with van der Waals surface area (Å²) in [6.07, 6.45) is 3.54. The van der Waals surface area contributed by atoms with Crippen molar-refractivity contribution in [3.05, 3.63) is 12.3 Å². The molecule has 1 aliphatic heterocycles. The topological polar surface area (TPSA) is 58.2 Å². The Bertz CT molecular complexity index is 270. The van der Waals surface area contributed by atoms with E-state index in [9.17, 15) is 9.59 Å². The number of hydrogen-bond acceptors (Lipinski definition) is 3. The maximum Gasteiger partial charge on any atom is 0.208 e. The van der Waals surface area contributed by atoms with E-state index in [1.165, 1.54) is 0 Å². The van der Waals surface area contributed by atoms with Crippen LogP contribution in [-0.4, -0.2) is 26.4 Å². The number of nitrogens with one attached hydrogen (secondary N) is 2. The first-order valence-corrected chi connectivity index (χ1v) is 8.20. The number of ketones is 1. The van der Waals surface area contributed by atoms with Crippen molar-refractivity contribution >= 4 is 20.3 Å². The van der Waals surface area contributed by atoms with Crippen LogP contribution in [0.1, 0.15) is 0 Å². The Balaban J connectivity index is 2.89. The molecular formula is C9H16N2O2Si. The van der Waals surface area contributed by atoms with E-state index in [4.69, 9.17) is 0 Å². The first-order chi connectivity index (χ1) is 6.46. The van der Waals surface area contributed by atoms with Gasteiger partial charge in [-0.15, -0.1) is 0 Å². The Kier molecular flexibility index (Phi) is 3.10. The number of amides is 1. The molecule has 2 atom stereocenters. The molecule has 1 aliphatic rings. The standard InChI is InChI=1S/C9H16N2O2Si/c1-14(2,3)8-7(13)4-5-10-9(8)11-6-12/h4-6,8-10H,1-3H3,(H,11,12). The fraction of sp³-hybridized carbons (Fsp3) is 0.556. The van der Waals surface area contributed by atoms with Crippen molar-refractivity contribution in [2.24, 2.45) is 0 Å². The molecule has 1 heterocycles. The van der Waals surface area contributed by atoms with Crippen molar-refractivity contribution in [3.8, 4) is 0 Å². The summed E-state index contributed by atoms with van der Waals surface area (Å²) in [7, 11) is -1.60. The number of carbonyl (C=O) groups is 2. The number of rotatable bonds is 3. The number of hydrogen-bond donors (Lipinski definition) is 2. The van der Waals surface area contributed by atoms with Gasteiger partial charge in [-0.25, -0.2) is 0 Å². The van der Waals surface area contributed by atoms with Crippen LogP contribution in [0.2, 0.25) is 25.2 Å². The highest BCUT2D eigenvalue weighted by atomic mass is 28.3. The zero-order valence-electron chi connectivity index (χ0n) is 8.70. The molecule has 2 N–H and O–H groups in total. The summed E-state index contributed by atoms with van der Waals surface area (Å²) >= 11 is 0. The third-order valence-electron chi connectivity index (χ3n) is 2.34. The summed E-state index contributed by atoms with van der Waals surface area (Å²) in [6, 6.07) is 0. The second kappa shape index (κ2) is 3.96. The van der Waals surface area contributed by atoms with E-state index < -0.39 is 8.07 Å². The van der Waals surface area contributed by atoms with Crippen LogP contribution in [0.3, 0.4) is 0 Å². The van der Waals surface area contributed by atoms with Crippen LogP contribution in [0.25, 0.3) is 0 Å². The molecule has 4 nitrogen and oxygen atoms in total. The van der Waals surface area contributed by atoms with Crippen molar-refractivity contribution < 1.29 is 9.59 Å². The van der Waals surface area contributed by atoms with Crippen molar-refractivity contribution in [2.75, 3.05) is 0 Å². The number of allylic oxidation sites excluding steroid dienone is 1. The van der Waals surface area contributed by atoms with Gasteiger partial charge in [0.1, 0.15) is 6.17 Å². The zero-order chi connectivity index (χ0) is 10.8. The average molecular weight is 212 g/mol. The molecule has 0 saturated heterocycles. The highest BCUT2D eigenvalue weighted by Gasteiger charge is 2.39. The quantitative estimate of drug-likeness (QED) is 0.527. The summed E-state index contributed by atoms with van der Waals surface area (Å²) in [4.78, 5) is 22.1. The Morgan fingerprint density at radius 3 is 2.64 bits per heavy atom. The third kappa shape index (κ3) is 2.23. The summed E-state index contributed by atoms with van der Waals surface area (Å²) in [5, 5.41) is 5.64. The zero-order valence-corrected chi connectivity index (χ0v) is 9.70. The van der Waals surface area contributed by atoms with E-state index in [0.29, 0.717) is 6.41 Å². The molecule has 0 aromatic heterocycles. The van der Waals surface area contributed by atoms with Gasteiger partial charge in [0.25, 0.3) is 0 Å². The van der Waals surface area contributed by atoms with Crippen LogP contribution < -0.4 is 10.6 Å². The van der Waals surface area contributed by atoms with Gasteiger partial charge in [-0.05, 0) is 6.08 Å². The lowest BCUT2D eigenvalue weighted by molar-refractivity contribution is -0.116. The predicted octanol–water partition coefficient (Wildman–Crippen LogP) is 0.453. The lowest BCUT2D eigenvalue weighted by Crippen LogP contribution is -2.54. The van der Waals surface area contributed by atoms with Crippen LogP contribution in [0.15, 0.2) is 12.3 Å². The van der Waals surface area contributed by atoms with Gasteiger partial charge in [-0.1, -0.05) is 19.6 Å². The van der Waals surface area contributed by atoms with Crippen LogP contribution in [-0.2, 0) is 9.59 Å². The van der Waals surface area contributed by atoms with E-state index in [1.807, 2.05) is 0 Å². The summed E-state index contributed by atoms with van der Waals surface area (Å²) in [5.41, 5.74) is -0.0855. The van der Waals surface area contributed by atoms with Gasteiger partial charge < -0.3 is 10.6 Å². The van der Waals surface area contributed by atoms with Gasteiger partial charge in [-0.3, -0.25) is 9.59 Å². The van der Waals surface area contributed by atoms with Gasteiger partial charge in [0, 0.05) is 6.20 Å². The van der Waals surface area contributed by atoms with E-state index in [2.05, 4.69) is 30.3 Å². The molecule has 0 aliphatic carbocycles. The molecule has 1 rings (SSSR count). The molecule has 5 heteroatoms. The van der Waals surface area contributed by atoms with E-state index in [0.717, 1.165) is 0 Å². The van der Waals surface area contributed by atoms with E-state index >= 15 is 0 Å². The Labute approximate surface area is 84.8 Å². The molecule has 0 aromatic rings. The molecule has 14 heavy (non-hydrogen) atoms. The minimum atomic E-state index is -1.60. The molecule has 0 saturated carbocycles. The van der Waals surface area contributed by atoms with Crippen LogP contribution in [0.5, 0.6) is 0 Å². The van der Waals surface area contributed by atoms with Crippen molar-refractivity contribution in [1.29, 1.82) is 0 Å². The minimum Gasteiger partial charge on any atom is -0.371 e. The van der Waals surface area contributed by atoms with Crippen molar-refractivity contribution in [2.45, 2.75) is 31.3 Å². The monoisotopic (exact) mass is 212 g/mol. The molecule has 0 fully saturated rings. The molecule has 0 radical (unpaired) electrons. The Morgan fingerprint density at radius 1 is 1.50 bits per heavy atom. The van der Waals surface area contributed by atoms with Crippen molar-refractivity contribution in [1.82, 2.24) is 10.6 Å². The lowest BCUT2D eigenvalue weighted by Gasteiger charge is -2.35. The SMILES string of the molecule is C[Si](C)(C)C1C(=O)C=CNC1NC=O. The fourth-order valence-corrected chi connectivity index (χ4v) is 3.88. The molecule has 2 unspecified atom stereocenters. The van der Waals surface area contributed by atoms with Crippen LogP contribution in [0, 0.1) is 0 Å². The van der Waals surface area contributed by atoms with Gasteiger partial charge in [0.15, 0.2) is 5.78 Å². The minimum absolute atomic E-state index is 0.0855. The van der Waals surface area contributed by atoms with Crippen LogP contribution in [0.4, 0.5) is 0 Å². The molecule has 78 valence electrons. The Hall–Kier alpha value is -1.10. The summed E-state index contributed by atoms with van der Waals surface area (Å²) in [6.45, 7) is 6.36. The highest BCUT2D eigenvalue weighted by Crippen LogP contribution is 2.27. The first kappa shape index (κ1) is 11.0. The lowest BCUT2D eigenvalue weighted by atomic mass is 10.2. The molecular weight excluding hydrogens is 196 g/mol. The van der Waals surface area contributed by atoms with E-state index in [-0.39, 0.29) is 17.5 Å². The van der Waals surface area contributed by atoms with Crippen molar-refractivity contribution in [3.63, 3.8) is 0 Å². The maximum atomic E-state index is 11.7. The van der Waals surface area contributed by atoms with E-state index in [1.54, 1.807) is 12.3 Å². The maximum absolute atomic E-state index is 11.7. The summed E-state index contributed by atoms with van der Waals surface area (Å²) in [5.74, 6) is 0.113. The molecule has 0 aromatic carbocycles. The van der Waals surface area contributed by atoms with Gasteiger partial charge in [-0.2, -0.15) is 0 Å². The molecule has 0 spiro atoms.